The molecule has 2 aromatic heterocycles. The van der Waals surface area contributed by atoms with E-state index in [1.54, 1.807) is 22.8 Å². The molecule has 1 unspecified atom stereocenters. The number of aromatic nitrogens is 7. The molecule has 36 heavy (non-hydrogen) atoms. The van der Waals surface area contributed by atoms with Crippen LogP contribution in [-0.2, 0) is 29.0 Å². The van der Waals surface area contributed by atoms with E-state index in [2.05, 4.69) is 37.4 Å². The van der Waals surface area contributed by atoms with Crippen molar-refractivity contribution in [1.29, 1.82) is 0 Å². The zero-order chi connectivity index (χ0) is 25.5. The van der Waals surface area contributed by atoms with Crippen LogP contribution in [0.5, 0.6) is 5.75 Å². The maximum Gasteiger partial charge on any atom is 0.346 e. The van der Waals surface area contributed by atoms with Crippen LogP contribution >= 0.6 is 11.6 Å². The molecule has 0 radical (unpaired) electrons. The third-order valence-electron chi connectivity index (χ3n) is 5.56. The topological polar surface area (TPSA) is 130 Å². The lowest BCUT2D eigenvalue weighted by atomic mass is 10.1. The van der Waals surface area contributed by atoms with Crippen molar-refractivity contribution in [2.24, 2.45) is 0 Å². The Morgan fingerprint density at radius 3 is 2.61 bits per heavy atom. The lowest BCUT2D eigenvalue weighted by molar-refractivity contribution is -0.141. The SMILES string of the molecule is CCCCc1nn(CC(=O)OC)c(=O)n1Cc1ccc(OC(c2nn[nH]n2)c2ccccc2Cl)cc1. The van der Waals surface area contributed by atoms with Gasteiger partial charge in [0.1, 0.15) is 18.1 Å². The molecular weight excluding hydrogens is 486 g/mol. The van der Waals surface area contributed by atoms with Crippen LogP contribution in [0.25, 0.3) is 0 Å². The molecule has 1 N–H and O–H groups in total. The molecule has 0 spiro atoms. The molecule has 0 saturated carbocycles. The second-order valence-corrected chi connectivity index (χ2v) is 8.46. The van der Waals surface area contributed by atoms with E-state index >= 15 is 0 Å². The highest BCUT2D eigenvalue weighted by atomic mass is 35.5. The number of rotatable bonds is 11. The van der Waals surface area contributed by atoms with Gasteiger partial charge >= 0.3 is 11.7 Å². The van der Waals surface area contributed by atoms with Crippen molar-refractivity contribution in [3.8, 4) is 5.75 Å². The summed E-state index contributed by atoms with van der Waals surface area (Å²) in [4.78, 5) is 24.6. The molecular formula is C24H26ClN7O4. The fraction of sp³-hybridized carbons (Fsp3) is 0.333. The molecule has 0 saturated heterocycles. The molecule has 0 fully saturated rings. The molecule has 11 nitrogen and oxygen atoms in total. The Balaban J connectivity index is 1.56. The molecule has 0 amide bonds. The van der Waals surface area contributed by atoms with Crippen molar-refractivity contribution in [2.45, 2.75) is 45.4 Å². The van der Waals surface area contributed by atoms with Crippen LogP contribution in [0, 0.1) is 0 Å². The van der Waals surface area contributed by atoms with Crippen LogP contribution in [0.15, 0.2) is 53.3 Å². The first-order chi connectivity index (χ1) is 17.5. The summed E-state index contributed by atoms with van der Waals surface area (Å²) in [5.74, 6) is 1.01. The predicted molar refractivity (Wildman–Crippen MR) is 131 cm³/mol. The molecule has 0 aliphatic rings. The zero-order valence-electron chi connectivity index (χ0n) is 19.9. The summed E-state index contributed by atoms with van der Waals surface area (Å²) in [6, 6.07) is 14.6. The van der Waals surface area contributed by atoms with E-state index < -0.39 is 12.1 Å². The number of hydrogen-bond acceptors (Lipinski definition) is 8. The number of H-pyrrole nitrogens is 1. The fourth-order valence-electron chi connectivity index (χ4n) is 3.67. The molecule has 1 atom stereocenters. The number of nitrogens with zero attached hydrogens (tertiary/aromatic N) is 6. The second-order valence-electron chi connectivity index (χ2n) is 8.06. The number of benzene rings is 2. The quantitative estimate of drug-likeness (QED) is 0.304. The zero-order valence-corrected chi connectivity index (χ0v) is 20.7. The molecule has 188 valence electrons. The van der Waals surface area contributed by atoms with E-state index in [0.29, 0.717) is 40.9 Å². The Hall–Kier alpha value is -3.99. The van der Waals surface area contributed by atoms with Gasteiger partial charge in [-0.1, -0.05) is 60.5 Å². The van der Waals surface area contributed by atoms with E-state index in [-0.39, 0.29) is 12.2 Å². The van der Waals surface area contributed by atoms with Crippen molar-refractivity contribution >= 4 is 17.6 Å². The van der Waals surface area contributed by atoms with Gasteiger partial charge in [-0.15, -0.1) is 10.2 Å². The van der Waals surface area contributed by atoms with Crippen LogP contribution < -0.4 is 10.4 Å². The fourth-order valence-corrected chi connectivity index (χ4v) is 3.90. The molecule has 2 aromatic carbocycles. The van der Waals surface area contributed by atoms with Crippen LogP contribution in [-0.4, -0.2) is 48.1 Å². The Labute approximate surface area is 212 Å². The summed E-state index contributed by atoms with van der Waals surface area (Å²) in [7, 11) is 1.28. The Morgan fingerprint density at radius 1 is 1.17 bits per heavy atom. The van der Waals surface area contributed by atoms with Gasteiger partial charge in [-0.05, 0) is 30.2 Å². The van der Waals surface area contributed by atoms with Crippen LogP contribution in [0.1, 0.15) is 48.6 Å². The summed E-state index contributed by atoms with van der Waals surface area (Å²) in [5.41, 5.74) is 1.21. The molecule has 4 aromatic rings. The summed E-state index contributed by atoms with van der Waals surface area (Å²) in [6.45, 7) is 2.14. The third kappa shape index (κ3) is 5.80. The number of unbranched alkanes of at least 4 members (excludes halogenated alkanes) is 1. The number of halogens is 1. The first-order valence-corrected chi connectivity index (χ1v) is 11.8. The van der Waals surface area contributed by atoms with Crippen molar-refractivity contribution in [1.82, 2.24) is 35.0 Å². The standard InChI is InChI=1S/C24H26ClN7O4/c1-3-4-9-20-28-32(15-21(33)35-2)24(34)31(20)14-16-10-12-17(13-11-16)36-22(23-26-29-30-27-23)18-7-5-6-8-19(18)25/h5-8,10-13,22H,3-4,9,14-15H2,1-2H3,(H,26,27,29,30). The minimum Gasteiger partial charge on any atom is -0.477 e. The predicted octanol–water partition coefficient (Wildman–Crippen LogP) is 2.94. The highest BCUT2D eigenvalue weighted by molar-refractivity contribution is 6.31. The van der Waals surface area contributed by atoms with Gasteiger partial charge in [0, 0.05) is 17.0 Å². The maximum atomic E-state index is 12.9. The number of hydrogen-bond donors (Lipinski definition) is 1. The van der Waals surface area contributed by atoms with Gasteiger partial charge in [0.15, 0.2) is 6.10 Å². The Bertz CT molecular complexity index is 1350. The molecule has 0 bridgehead atoms. The summed E-state index contributed by atoms with van der Waals surface area (Å²) < 4.78 is 13.6. The number of ether oxygens (including phenoxy) is 2. The minimum absolute atomic E-state index is 0.228. The van der Waals surface area contributed by atoms with Gasteiger partial charge in [0.2, 0.25) is 5.82 Å². The first-order valence-electron chi connectivity index (χ1n) is 11.5. The Morgan fingerprint density at radius 2 is 1.94 bits per heavy atom. The number of carbonyl (C=O) groups excluding carboxylic acids is 1. The number of aromatic amines is 1. The molecule has 0 aliphatic heterocycles. The van der Waals surface area contributed by atoms with Gasteiger partial charge < -0.3 is 9.47 Å². The molecule has 2 heterocycles. The van der Waals surface area contributed by atoms with Crippen LogP contribution in [0.4, 0.5) is 0 Å². The molecule has 12 heteroatoms. The van der Waals surface area contributed by atoms with Crippen molar-refractivity contribution in [3.63, 3.8) is 0 Å². The molecule has 4 rings (SSSR count). The number of tetrazole rings is 1. The van der Waals surface area contributed by atoms with E-state index in [1.807, 2.05) is 30.3 Å². The van der Waals surface area contributed by atoms with Crippen molar-refractivity contribution in [3.05, 3.63) is 86.8 Å². The summed E-state index contributed by atoms with van der Waals surface area (Å²) in [5, 5.41) is 19.1. The summed E-state index contributed by atoms with van der Waals surface area (Å²) >= 11 is 6.39. The van der Waals surface area contributed by atoms with Gasteiger partial charge in [-0.2, -0.15) is 10.3 Å². The smallest absolute Gasteiger partial charge is 0.346 e. The first kappa shape index (κ1) is 25.1. The highest BCUT2D eigenvalue weighted by Gasteiger charge is 2.23. The normalized spacial score (nSPS) is 11.9. The van der Waals surface area contributed by atoms with E-state index in [1.165, 1.54) is 7.11 Å². The number of aryl methyl sites for hydroxylation is 1. The maximum absolute atomic E-state index is 12.9. The van der Waals surface area contributed by atoms with E-state index in [4.69, 9.17) is 16.3 Å². The van der Waals surface area contributed by atoms with Crippen LogP contribution in [0.2, 0.25) is 5.02 Å². The van der Waals surface area contributed by atoms with E-state index in [0.717, 1.165) is 23.1 Å². The third-order valence-corrected chi connectivity index (χ3v) is 5.91. The largest absolute Gasteiger partial charge is 0.477 e. The highest BCUT2D eigenvalue weighted by Crippen LogP contribution is 2.31. The van der Waals surface area contributed by atoms with Gasteiger partial charge in [-0.3, -0.25) is 9.36 Å². The van der Waals surface area contributed by atoms with E-state index in [9.17, 15) is 9.59 Å². The number of methoxy groups -OCH3 is 1. The van der Waals surface area contributed by atoms with Crippen molar-refractivity contribution in [2.75, 3.05) is 7.11 Å². The van der Waals surface area contributed by atoms with Crippen LogP contribution in [0.3, 0.4) is 0 Å². The second kappa shape index (κ2) is 11.6. The van der Waals surface area contributed by atoms with Gasteiger partial charge in [0.05, 0.1) is 13.7 Å². The number of carbonyl (C=O) groups is 1. The van der Waals surface area contributed by atoms with Gasteiger partial charge in [-0.25, -0.2) is 9.48 Å². The number of nitrogens with one attached hydrogen (secondary N) is 1. The monoisotopic (exact) mass is 511 g/mol. The minimum atomic E-state index is -0.664. The lowest BCUT2D eigenvalue weighted by Gasteiger charge is -2.18. The molecule has 0 aliphatic carbocycles. The average Bonchev–Trinajstić information content (AvgIpc) is 3.52. The average molecular weight is 512 g/mol. The summed E-state index contributed by atoms with van der Waals surface area (Å²) in [6.07, 6.45) is 1.80. The number of esters is 1. The van der Waals surface area contributed by atoms with Crippen molar-refractivity contribution < 1.29 is 14.3 Å². The van der Waals surface area contributed by atoms with Gasteiger partial charge in [0.25, 0.3) is 0 Å². The lowest BCUT2D eigenvalue weighted by Crippen LogP contribution is -2.28. The Kier molecular flexibility index (Phi) is 8.11.